The number of aryl methyl sites for hydroxylation is 1. The first-order valence-electron chi connectivity index (χ1n) is 13.4. The molecule has 0 aliphatic heterocycles. The van der Waals surface area contributed by atoms with Crippen LogP contribution in [0.1, 0.15) is 89.1 Å². The Bertz CT molecular complexity index is 1160. The van der Waals surface area contributed by atoms with Crippen LogP contribution in [0.25, 0.3) is 16.7 Å². The van der Waals surface area contributed by atoms with E-state index in [1.54, 1.807) is 0 Å². The van der Waals surface area contributed by atoms with Gasteiger partial charge in [-0.15, -0.1) is 0 Å². The topological polar surface area (TPSA) is 84.7 Å². The van der Waals surface area contributed by atoms with Gasteiger partial charge in [-0.25, -0.2) is 14.6 Å². The Morgan fingerprint density at radius 2 is 1.63 bits per heavy atom. The minimum absolute atomic E-state index is 0.0301. The number of hydrogen-bond acceptors (Lipinski definition) is 5. The van der Waals surface area contributed by atoms with E-state index >= 15 is 0 Å². The molecule has 7 nitrogen and oxygen atoms in total. The molecule has 2 fully saturated rings. The number of aromatic nitrogens is 4. The van der Waals surface area contributed by atoms with Crippen molar-refractivity contribution in [2.75, 3.05) is 5.32 Å². The fourth-order valence-corrected chi connectivity index (χ4v) is 5.54. The highest BCUT2D eigenvalue weighted by atomic mass is 16.1. The van der Waals surface area contributed by atoms with E-state index in [2.05, 4.69) is 29.7 Å². The predicted molar refractivity (Wildman–Crippen MR) is 140 cm³/mol. The largest absolute Gasteiger partial charge is 0.367 e. The lowest BCUT2D eigenvalue weighted by molar-refractivity contribution is -0.124. The van der Waals surface area contributed by atoms with Crippen LogP contribution in [0.4, 0.5) is 5.82 Å². The van der Waals surface area contributed by atoms with Crippen LogP contribution in [0.3, 0.4) is 0 Å². The molecule has 5 rings (SSSR count). The number of fused-ring (bicyclic) bond motifs is 1. The Hall–Kier alpha value is -2.96. The Balaban J connectivity index is 1.44. The monoisotopic (exact) mass is 474 g/mol. The van der Waals surface area contributed by atoms with Crippen LogP contribution in [0, 0.1) is 12.8 Å². The number of benzene rings is 1. The molecule has 1 aromatic carbocycles. The zero-order valence-corrected chi connectivity index (χ0v) is 21.3. The number of amides is 1. The second kappa shape index (κ2) is 10.3. The van der Waals surface area contributed by atoms with Gasteiger partial charge in [0.1, 0.15) is 11.6 Å². The molecule has 7 heteroatoms. The van der Waals surface area contributed by atoms with Gasteiger partial charge in [-0.2, -0.15) is 5.10 Å². The summed E-state index contributed by atoms with van der Waals surface area (Å²) in [5, 5.41) is 12.9. The lowest BCUT2D eigenvalue weighted by Gasteiger charge is -2.31. The summed E-state index contributed by atoms with van der Waals surface area (Å²) in [4.78, 5) is 22.4. The molecule has 0 atom stereocenters. The summed E-state index contributed by atoms with van der Waals surface area (Å²) in [5.41, 5.74) is 2.86. The Labute approximate surface area is 208 Å². The molecule has 2 aliphatic rings. The summed E-state index contributed by atoms with van der Waals surface area (Å²) in [6, 6.07) is 10.9. The second-order valence-corrected chi connectivity index (χ2v) is 10.7. The highest BCUT2D eigenvalue weighted by Gasteiger charge is 2.27. The maximum Gasteiger partial charge on any atom is 0.222 e. The molecule has 35 heavy (non-hydrogen) atoms. The van der Waals surface area contributed by atoms with Gasteiger partial charge in [0.15, 0.2) is 5.65 Å². The fourth-order valence-electron chi connectivity index (χ4n) is 5.54. The minimum Gasteiger partial charge on any atom is -0.367 e. The van der Waals surface area contributed by atoms with Crippen molar-refractivity contribution in [3.63, 3.8) is 0 Å². The van der Waals surface area contributed by atoms with E-state index in [0.29, 0.717) is 12.0 Å². The number of carbonyl (C=O) groups excluding carboxylic acids is 1. The van der Waals surface area contributed by atoms with Crippen molar-refractivity contribution in [1.29, 1.82) is 0 Å². The second-order valence-electron chi connectivity index (χ2n) is 10.7. The van der Waals surface area contributed by atoms with Gasteiger partial charge in [0.2, 0.25) is 5.91 Å². The summed E-state index contributed by atoms with van der Waals surface area (Å²) in [6.07, 6.45) is 10.1. The third-order valence-corrected chi connectivity index (χ3v) is 7.63. The first kappa shape index (κ1) is 23.8. The van der Waals surface area contributed by atoms with Gasteiger partial charge < -0.3 is 10.6 Å². The number of nitrogens with one attached hydrogen (secondary N) is 2. The van der Waals surface area contributed by atoms with E-state index in [0.717, 1.165) is 72.6 Å². The van der Waals surface area contributed by atoms with Crippen LogP contribution < -0.4 is 10.6 Å². The molecular formula is C28H38N6O. The molecule has 2 aromatic heterocycles. The van der Waals surface area contributed by atoms with Crippen LogP contribution in [0.2, 0.25) is 0 Å². The molecule has 0 radical (unpaired) electrons. The normalized spacial score (nSPS) is 21.4. The number of para-hydroxylation sites is 1. The molecule has 0 unspecified atom stereocenters. The van der Waals surface area contributed by atoms with E-state index in [1.165, 1.54) is 19.3 Å². The molecular weight excluding hydrogens is 436 g/mol. The van der Waals surface area contributed by atoms with Crippen LogP contribution in [0.5, 0.6) is 0 Å². The quantitative estimate of drug-likeness (QED) is 0.481. The lowest BCUT2D eigenvalue weighted by Crippen LogP contribution is -2.41. The average Bonchev–Trinajstić information content (AvgIpc) is 3.22. The third-order valence-electron chi connectivity index (χ3n) is 7.63. The van der Waals surface area contributed by atoms with E-state index in [9.17, 15) is 4.79 Å². The Morgan fingerprint density at radius 1 is 0.943 bits per heavy atom. The fraction of sp³-hybridized carbons (Fsp3) is 0.571. The van der Waals surface area contributed by atoms with Crippen LogP contribution >= 0.6 is 0 Å². The van der Waals surface area contributed by atoms with Crippen molar-refractivity contribution in [2.45, 2.75) is 96.6 Å². The molecule has 0 saturated heterocycles. The van der Waals surface area contributed by atoms with Gasteiger partial charge in [-0.3, -0.25) is 4.79 Å². The Kier molecular flexibility index (Phi) is 7.02. The molecule has 3 aromatic rings. The molecule has 1 amide bonds. The maximum absolute atomic E-state index is 12.1. The van der Waals surface area contributed by atoms with Crippen LogP contribution in [-0.4, -0.2) is 37.7 Å². The molecule has 2 saturated carbocycles. The zero-order chi connectivity index (χ0) is 24.4. The number of nitrogens with zero attached hydrogens (tertiary/aromatic N) is 4. The smallest absolute Gasteiger partial charge is 0.222 e. The van der Waals surface area contributed by atoms with Gasteiger partial charge in [0.25, 0.3) is 0 Å². The van der Waals surface area contributed by atoms with Crippen molar-refractivity contribution in [1.82, 2.24) is 25.1 Å². The highest BCUT2D eigenvalue weighted by molar-refractivity contribution is 5.90. The summed E-state index contributed by atoms with van der Waals surface area (Å²) >= 11 is 0. The SMILES string of the molecule is Cc1nn(-c2ccccc2)c2nc(C3CCCCC3)nc(NC3CCC(NC(=O)C(C)C)CC3)c12. The highest BCUT2D eigenvalue weighted by Crippen LogP contribution is 2.35. The maximum atomic E-state index is 12.1. The Morgan fingerprint density at radius 3 is 2.31 bits per heavy atom. The van der Waals surface area contributed by atoms with Gasteiger partial charge in [-0.05, 0) is 57.6 Å². The number of anilines is 1. The third kappa shape index (κ3) is 5.19. The van der Waals surface area contributed by atoms with E-state index in [1.807, 2.05) is 36.7 Å². The number of rotatable bonds is 6. The van der Waals surface area contributed by atoms with Gasteiger partial charge >= 0.3 is 0 Å². The lowest BCUT2D eigenvalue weighted by atomic mass is 9.88. The van der Waals surface area contributed by atoms with Gasteiger partial charge in [0.05, 0.1) is 16.8 Å². The van der Waals surface area contributed by atoms with E-state index in [-0.39, 0.29) is 17.9 Å². The van der Waals surface area contributed by atoms with Gasteiger partial charge in [-0.1, -0.05) is 51.3 Å². The molecule has 2 aliphatic carbocycles. The predicted octanol–water partition coefficient (Wildman–Crippen LogP) is 5.67. The molecule has 0 bridgehead atoms. The van der Waals surface area contributed by atoms with Gasteiger partial charge in [0, 0.05) is 23.9 Å². The number of hydrogen-bond donors (Lipinski definition) is 2. The van der Waals surface area contributed by atoms with Crippen molar-refractivity contribution in [3.8, 4) is 5.69 Å². The molecule has 2 heterocycles. The van der Waals surface area contributed by atoms with Crippen molar-refractivity contribution in [3.05, 3.63) is 41.9 Å². The molecule has 2 N–H and O–H groups in total. The van der Waals surface area contributed by atoms with E-state index in [4.69, 9.17) is 15.1 Å². The summed E-state index contributed by atoms with van der Waals surface area (Å²) in [7, 11) is 0. The van der Waals surface area contributed by atoms with Crippen LogP contribution in [-0.2, 0) is 4.79 Å². The van der Waals surface area contributed by atoms with E-state index < -0.39 is 0 Å². The molecule has 186 valence electrons. The minimum atomic E-state index is 0.0301. The van der Waals surface area contributed by atoms with Crippen molar-refractivity contribution < 1.29 is 4.79 Å². The summed E-state index contributed by atoms with van der Waals surface area (Å²) < 4.78 is 1.97. The molecule has 0 spiro atoms. The standard InChI is InChI=1S/C28H38N6O/c1-18(2)28(35)30-22-16-14-21(15-17-22)29-26-24-19(3)33-34(23-12-8-5-9-13-23)27(24)32-25(31-26)20-10-6-4-7-11-20/h5,8-9,12-13,18,20-22H,4,6-7,10-11,14-17H2,1-3H3,(H,30,35)(H,29,31,32). The van der Waals surface area contributed by atoms with Crippen molar-refractivity contribution in [2.24, 2.45) is 5.92 Å². The van der Waals surface area contributed by atoms with Crippen molar-refractivity contribution >= 4 is 22.8 Å². The van der Waals surface area contributed by atoms with Crippen LogP contribution in [0.15, 0.2) is 30.3 Å². The number of carbonyl (C=O) groups is 1. The zero-order valence-electron chi connectivity index (χ0n) is 21.3. The first-order valence-corrected chi connectivity index (χ1v) is 13.4. The average molecular weight is 475 g/mol. The first-order chi connectivity index (χ1) is 17.0. The summed E-state index contributed by atoms with van der Waals surface area (Å²) in [6.45, 7) is 5.95. The summed E-state index contributed by atoms with van der Waals surface area (Å²) in [5.74, 6) is 2.47.